The van der Waals surface area contributed by atoms with Gasteiger partial charge in [-0.15, -0.1) is 0 Å². The van der Waals surface area contributed by atoms with Gasteiger partial charge in [-0.3, -0.25) is 4.79 Å². The van der Waals surface area contributed by atoms with E-state index in [9.17, 15) is 9.59 Å². The van der Waals surface area contributed by atoms with Gasteiger partial charge >= 0.3 is 5.97 Å². The van der Waals surface area contributed by atoms with Gasteiger partial charge in [-0.1, -0.05) is 18.2 Å². The largest absolute Gasteiger partial charge is 0.478 e. The van der Waals surface area contributed by atoms with Crippen LogP contribution in [0.5, 0.6) is 11.5 Å². The number of carbonyl (C=O) groups excluding carboxylic acids is 1. The molecule has 0 bridgehead atoms. The molecule has 0 fully saturated rings. The van der Waals surface area contributed by atoms with E-state index < -0.39 is 5.97 Å². The zero-order valence-electron chi connectivity index (χ0n) is 10.5. The lowest BCUT2D eigenvalue weighted by Gasteiger charge is -2.05. The van der Waals surface area contributed by atoms with Crippen LogP contribution in [-0.2, 0) is 4.79 Å². The van der Waals surface area contributed by atoms with Gasteiger partial charge in [-0.25, -0.2) is 4.79 Å². The summed E-state index contributed by atoms with van der Waals surface area (Å²) in [6.07, 6.45) is 1.84. The predicted molar refractivity (Wildman–Crippen MR) is 74.1 cm³/mol. The van der Waals surface area contributed by atoms with Gasteiger partial charge in [0.05, 0.1) is 0 Å². The smallest absolute Gasteiger partial charge is 0.328 e. The second-order valence-electron chi connectivity index (χ2n) is 3.98. The van der Waals surface area contributed by atoms with Gasteiger partial charge in [-0.2, -0.15) is 0 Å². The highest BCUT2D eigenvalue weighted by atomic mass is 16.5. The van der Waals surface area contributed by atoms with E-state index in [1.165, 1.54) is 0 Å². The first kappa shape index (κ1) is 13.5. The van der Waals surface area contributed by atoms with Crippen molar-refractivity contribution in [3.8, 4) is 11.5 Å². The average Bonchev–Trinajstić information content (AvgIpc) is 2.46. The van der Waals surface area contributed by atoms with Crippen molar-refractivity contribution in [2.75, 3.05) is 0 Å². The Hall–Kier alpha value is -2.88. The Kier molecular flexibility index (Phi) is 4.29. The maximum Gasteiger partial charge on any atom is 0.328 e. The fraction of sp³-hybridized carbons (Fsp3) is 0. The highest BCUT2D eigenvalue weighted by Crippen LogP contribution is 2.21. The van der Waals surface area contributed by atoms with E-state index in [-0.39, 0.29) is 5.78 Å². The molecular weight excluding hydrogens is 256 g/mol. The Morgan fingerprint density at radius 2 is 1.45 bits per heavy atom. The van der Waals surface area contributed by atoms with Crippen molar-refractivity contribution < 1.29 is 19.4 Å². The van der Waals surface area contributed by atoms with Crippen LogP contribution in [-0.4, -0.2) is 16.9 Å². The number of allylic oxidation sites excluding steroid dienone is 1. The molecule has 0 aromatic heterocycles. The molecule has 20 heavy (non-hydrogen) atoms. The number of hydrogen-bond acceptors (Lipinski definition) is 3. The molecule has 1 N–H and O–H groups in total. The molecule has 2 aromatic rings. The number of carboxylic acids is 1. The van der Waals surface area contributed by atoms with Gasteiger partial charge in [0.1, 0.15) is 11.5 Å². The molecule has 0 unspecified atom stereocenters. The quantitative estimate of drug-likeness (QED) is 0.667. The zero-order chi connectivity index (χ0) is 14.4. The molecule has 0 aliphatic heterocycles. The molecule has 2 rings (SSSR count). The number of benzene rings is 2. The number of hydrogen-bond donors (Lipinski definition) is 1. The number of rotatable bonds is 5. The maximum atomic E-state index is 11.6. The fourth-order valence-corrected chi connectivity index (χ4v) is 1.56. The molecule has 0 saturated heterocycles. The third-order valence-corrected chi connectivity index (χ3v) is 2.50. The van der Waals surface area contributed by atoms with E-state index in [1.54, 1.807) is 24.3 Å². The van der Waals surface area contributed by atoms with Crippen LogP contribution in [0.2, 0.25) is 0 Å². The fourth-order valence-electron chi connectivity index (χ4n) is 1.56. The monoisotopic (exact) mass is 268 g/mol. The highest BCUT2D eigenvalue weighted by Gasteiger charge is 2.03. The van der Waals surface area contributed by atoms with Crippen molar-refractivity contribution in [3.63, 3.8) is 0 Å². The van der Waals surface area contributed by atoms with Crippen LogP contribution in [0, 0.1) is 0 Å². The second kappa shape index (κ2) is 6.33. The van der Waals surface area contributed by atoms with Crippen molar-refractivity contribution in [2.24, 2.45) is 0 Å². The number of ketones is 1. The lowest BCUT2D eigenvalue weighted by Crippen LogP contribution is -1.96. The van der Waals surface area contributed by atoms with Crippen LogP contribution >= 0.6 is 0 Å². The minimum absolute atomic E-state index is 0.362. The van der Waals surface area contributed by atoms with E-state index in [1.807, 2.05) is 30.3 Å². The predicted octanol–water partition coefficient (Wildman–Crippen LogP) is 3.30. The molecular formula is C16H12O4. The van der Waals surface area contributed by atoms with Crippen molar-refractivity contribution in [3.05, 3.63) is 72.3 Å². The Morgan fingerprint density at radius 3 is 2.05 bits per heavy atom. The van der Waals surface area contributed by atoms with Crippen molar-refractivity contribution in [2.45, 2.75) is 0 Å². The summed E-state index contributed by atoms with van der Waals surface area (Å²) in [5, 5.41) is 8.46. The third kappa shape index (κ3) is 3.81. The summed E-state index contributed by atoms with van der Waals surface area (Å²) in [5.41, 5.74) is 0.405. The Balaban J connectivity index is 2.07. The molecule has 0 saturated carbocycles. The molecule has 0 heterocycles. The summed E-state index contributed by atoms with van der Waals surface area (Å²) in [6.45, 7) is 0. The minimum atomic E-state index is -1.15. The van der Waals surface area contributed by atoms with Gasteiger partial charge < -0.3 is 9.84 Å². The van der Waals surface area contributed by atoms with Gasteiger partial charge in [0.2, 0.25) is 0 Å². The summed E-state index contributed by atoms with van der Waals surface area (Å²) in [4.78, 5) is 22.0. The van der Waals surface area contributed by atoms with E-state index in [0.29, 0.717) is 17.1 Å². The minimum Gasteiger partial charge on any atom is -0.478 e. The number of aliphatic carboxylic acids is 1. The lowest BCUT2D eigenvalue weighted by molar-refractivity contribution is -0.131. The number of carboxylic acid groups (broad SMARTS) is 1. The molecule has 2 aromatic carbocycles. The topological polar surface area (TPSA) is 63.6 Å². The maximum absolute atomic E-state index is 11.6. The van der Waals surface area contributed by atoms with Crippen LogP contribution in [0.1, 0.15) is 10.4 Å². The first-order chi connectivity index (χ1) is 9.65. The Morgan fingerprint density at radius 1 is 0.850 bits per heavy atom. The van der Waals surface area contributed by atoms with E-state index in [0.717, 1.165) is 12.2 Å². The van der Waals surface area contributed by atoms with Gasteiger partial charge in [0.15, 0.2) is 5.78 Å². The number of para-hydroxylation sites is 1. The van der Waals surface area contributed by atoms with E-state index in [2.05, 4.69) is 0 Å². The molecule has 0 amide bonds. The van der Waals surface area contributed by atoms with Crippen LogP contribution in [0.3, 0.4) is 0 Å². The van der Waals surface area contributed by atoms with Crippen molar-refractivity contribution >= 4 is 11.8 Å². The highest BCUT2D eigenvalue weighted by molar-refractivity contribution is 6.06. The van der Waals surface area contributed by atoms with Gasteiger partial charge in [0.25, 0.3) is 0 Å². The average molecular weight is 268 g/mol. The molecule has 0 aliphatic rings. The van der Waals surface area contributed by atoms with Crippen molar-refractivity contribution in [1.29, 1.82) is 0 Å². The summed E-state index contributed by atoms with van der Waals surface area (Å²) < 4.78 is 5.59. The third-order valence-electron chi connectivity index (χ3n) is 2.50. The first-order valence-electron chi connectivity index (χ1n) is 5.93. The lowest BCUT2D eigenvalue weighted by atomic mass is 10.1. The van der Waals surface area contributed by atoms with Crippen LogP contribution in [0.15, 0.2) is 66.7 Å². The molecule has 0 radical (unpaired) electrons. The molecule has 0 atom stereocenters. The summed E-state index contributed by atoms with van der Waals surface area (Å²) in [6, 6.07) is 15.8. The zero-order valence-corrected chi connectivity index (χ0v) is 10.5. The van der Waals surface area contributed by atoms with Crippen molar-refractivity contribution in [1.82, 2.24) is 0 Å². The molecule has 100 valence electrons. The number of ether oxygens (including phenoxy) is 1. The summed E-state index contributed by atoms with van der Waals surface area (Å²) in [7, 11) is 0. The summed E-state index contributed by atoms with van der Waals surface area (Å²) in [5.74, 6) is -0.201. The first-order valence-corrected chi connectivity index (χ1v) is 5.93. The molecule has 0 spiro atoms. The Labute approximate surface area is 115 Å². The van der Waals surface area contributed by atoms with Gasteiger partial charge in [-0.05, 0) is 42.5 Å². The molecule has 4 heteroatoms. The van der Waals surface area contributed by atoms with Gasteiger partial charge in [0, 0.05) is 11.6 Å². The molecule has 0 aliphatic carbocycles. The number of carbonyl (C=O) groups is 2. The molecule has 4 nitrogen and oxygen atoms in total. The SMILES string of the molecule is O=C(O)C=CC(=O)c1ccc(Oc2ccccc2)cc1. The van der Waals surface area contributed by atoms with Crippen LogP contribution in [0.25, 0.3) is 0 Å². The van der Waals surface area contributed by atoms with E-state index in [4.69, 9.17) is 9.84 Å². The Bertz CT molecular complexity index is 627. The van der Waals surface area contributed by atoms with E-state index >= 15 is 0 Å². The normalized spacial score (nSPS) is 10.4. The summed E-state index contributed by atoms with van der Waals surface area (Å²) >= 11 is 0. The van der Waals surface area contributed by atoms with Crippen LogP contribution in [0.4, 0.5) is 0 Å². The standard InChI is InChI=1S/C16H12O4/c17-15(10-11-16(18)19)12-6-8-14(9-7-12)20-13-4-2-1-3-5-13/h1-11H,(H,18,19). The second-order valence-corrected chi connectivity index (χ2v) is 3.98. The van der Waals surface area contributed by atoms with Crippen LogP contribution < -0.4 is 4.74 Å².